The molecule has 0 aromatic heterocycles. The van der Waals surface area contributed by atoms with Gasteiger partial charge in [0.15, 0.2) is 0 Å². The zero-order valence-electron chi connectivity index (χ0n) is 3.69. The molecular weight excluding hydrogens is 141 g/mol. The first-order valence-electron chi connectivity index (χ1n) is 0.697. The fraction of sp³-hybridized carbons (Fsp3) is 0.333. The number of ether oxygens (including phenoxy) is 1. The van der Waals surface area contributed by atoms with Gasteiger partial charge in [0.2, 0.25) is 0 Å². The van der Waals surface area contributed by atoms with Crippen LogP contribution in [0.1, 0.15) is 0 Å². The van der Waals surface area contributed by atoms with Crippen LogP contribution in [0, 0.1) is 14.5 Å². The Balaban J connectivity index is -0.0000000200. The largest absolute Gasteiger partial charge is 3.00 e. The summed E-state index contributed by atoms with van der Waals surface area (Å²) >= 11 is 0. The molecule has 0 amide bonds. The van der Waals surface area contributed by atoms with E-state index in [2.05, 4.69) is 11.8 Å². The first-order chi connectivity index (χ1) is 1.41. The second-order valence-electron chi connectivity index (χ2n) is 0.289. The Hall–Kier alpha value is 1.06. The average Bonchev–Trinajstić information content (AvgIpc) is 0.918. The summed E-state index contributed by atoms with van der Waals surface area (Å²) in [5.41, 5.74) is 0. The number of methoxy groups -OCH3 is 1. The molecule has 0 saturated carbocycles. The van der Waals surface area contributed by atoms with E-state index in [-0.39, 0.29) is 40.1 Å². The summed E-state index contributed by atoms with van der Waals surface area (Å²) in [4.78, 5) is 0. The minimum Gasteiger partial charge on any atom is -0.557 e. The quantitative estimate of drug-likeness (QED) is 0.464. The molecule has 2 heteroatoms. The maximum Gasteiger partial charge on any atom is 3.00 e. The van der Waals surface area contributed by atoms with E-state index in [1.807, 2.05) is 0 Å². The minimum absolute atomic E-state index is 0. The summed E-state index contributed by atoms with van der Waals surface area (Å²) in [5, 5.41) is 0. The Morgan fingerprint density at radius 1 is 1.60 bits per heavy atom. The zero-order chi connectivity index (χ0) is 2.71. The van der Waals surface area contributed by atoms with Gasteiger partial charge in [0, 0.05) is 0 Å². The molecule has 0 unspecified atom stereocenters. The molecule has 1 nitrogen and oxygen atoms in total. The summed E-state index contributed by atoms with van der Waals surface area (Å²) in [7, 11) is 4.50. The SMILES string of the molecule is [CH2-]OC.[CH3-].[Y+3]. The topological polar surface area (TPSA) is 9.23 Å². The molecule has 0 aliphatic heterocycles. The third-order valence-corrected chi connectivity index (χ3v) is 0. The smallest absolute Gasteiger partial charge is 0.557 e. The molecule has 0 N–H and O–H groups in total. The Kier molecular flexibility index (Phi) is 65.0. The minimum atomic E-state index is 0. The first kappa shape index (κ1) is 16.6. The van der Waals surface area contributed by atoms with Crippen molar-refractivity contribution in [3.8, 4) is 0 Å². The van der Waals surface area contributed by atoms with E-state index in [4.69, 9.17) is 0 Å². The van der Waals surface area contributed by atoms with Gasteiger partial charge in [-0.1, -0.05) is 0 Å². The Morgan fingerprint density at radius 3 is 1.60 bits per heavy atom. The van der Waals surface area contributed by atoms with Crippen LogP contribution < -0.4 is 0 Å². The monoisotopic (exact) mass is 149 g/mol. The molecule has 0 rings (SSSR count). The van der Waals surface area contributed by atoms with Gasteiger partial charge in [-0.3, -0.25) is 0 Å². The molecule has 0 aliphatic carbocycles. The maximum absolute atomic E-state index is 4.00. The van der Waals surface area contributed by atoms with E-state index in [1.54, 1.807) is 0 Å². The molecule has 0 bridgehead atoms. The van der Waals surface area contributed by atoms with E-state index >= 15 is 0 Å². The number of rotatable bonds is 0. The van der Waals surface area contributed by atoms with Crippen LogP contribution in [0.5, 0.6) is 0 Å². The van der Waals surface area contributed by atoms with Crippen LogP contribution in [0.4, 0.5) is 0 Å². The van der Waals surface area contributed by atoms with Gasteiger partial charge in [0.05, 0.1) is 0 Å². The molecule has 0 heterocycles. The van der Waals surface area contributed by atoms with Gasteiger partial charge in [0.1, 0.15) is 0 Å². The van der Waals surface area contributed by atoms with Crippen molar-refractivity contribution < 1.29 is 37.4 Å². The van der Waals surface area contributed by atoms with Crippen LogP contribution >= 0.6 is 0 Å². The van der Waals surface area contributed by atoms with Crippen molar-refractivity contribution in [2.75, 3.05) is 7.11 Å². The van der Waals surface area contributed by atoms with Gasteiger partial charge in [0.25, 0.3) is 0 Å². The summed E-state index contributed by atoms with van der Waals surface area (Å²) in [6, 6.07) is 0. The molecule has 0 aliphatic rings. The normalized spacial score (nSPS) is 3.60. The summed E-state index contributed by atoms with van der Waals surface area (Å²) in [5.74, 6) is 0. The van der Waals surface area contributed by atoms with E-state index in [1.165, 1.54) is 7.11 Å². The standard InChI is InChI=1S/C2H5O.CH3.Y/c1-3-2;;/h1H2,2H3;1H3;/q2*-1;+3. The Labute approximate surface area is 59.0 Å². The molecule has 28 valence electrons. The first-order valence-corrected chi connectivity index (χ1v) is 0.697. The van der Waals surface area contributed by atoms with Crippen molar-refractivity contribution in [1.82, 2.24) is 0 Å². The zero-order valence-corrected chi connectivity index (χ0v) is 6.53. The molecule has 0 spiro atoms. The average molecular weight is 149 g/mol. The predicted molar refractivity (Wildman–Crippen MR) is 18.8 cm³/mol. The van der Waals surface area contributed by atoms with Crippen LogP contribution in [-0.2, 0) is 37.4 Å². The fourth-order valence-corrected chi connectivity index (χ4v) is 0. The van der Waals surface area contributed by atoms with Gasteiger partial charge in [-0.05, 0) is 7.11 Å². The second kappa shape index (κ2) is 19.6. The van der Waals surface area contributed by atoms with E-state index in [9.17, 15) is 0 Å². The molecule has 5 heavy (non-hydrogen) atoms. The van der Waals surface area contributed by atoms with Crippen molar-refractivity contribution in [2.24, 2.45) is 0 Å². The van der Waals surface area contributed by atoms with Crippen LogP contribution in [0.15, 0.2) is 0 Å². The number of hydrogen-bond donors (Lipinski definition) is 0. The van der Waals surface area contributed by atoms with Crippen molar-refractivity contribution in [2.45, 2.75) is 0 Å². The Bertz CT molecular complexity index is 6.85. The van der Waals surface area contributed by atoms with Gasteiger partial charge >= 0.3 is 32.7 Å². The van der Waals surface area contributed by atoms with Crippen molar-refractivity contribution in [3.63, 3.8) is 0 Å². The third-order valence-electron chi connectivity index (χ3n) is 0. The number of hydrogen-bond acceptors (Lipinski definition) is 1. The van der Waals surface area contributed by atoms with Gasteiger partial charge < -0.3 is 12.2 Å². The van der Waals surface area contributed by atoms with E-state index in [0.29, 0.717) is 0 Å². The van der Waals surface area contributed by atoms with Crippen molar-refractivity contribution in [1.29, 1.82) is 0 Å². The second-order valence-corrected chi connectivity index (χ2v) is 0.289. The summed E-state index contributed by atoms with van der Waals surface area (Å²) in [6.45, 7) is 0. The van der Waals surface area contributed by atoms with E-state index < -0.39 is 0 Å². The third kappa shape index (κ3) is 42.0. The molecule has 0 atom stereocenters. The van der Waals surface area contributed by atoms with Crippen LogP contribution in [-0.4, -0.2) is 7.11 Å². The molecule has 0 radical (unpaired) electrons. The predicted octanol–water partition coefficient (Wildman–Crippen LogP) is 0.872. The van der Waals surface area contributed by atoms with Crippen LogP contribution in [0.2, 0.25) is 0 Å². The summed E-state index contributed by atoms with van der Waals surface area (Å²) < 4.78 is 4.00. The van der Waals surface area contributed by atoms with Crippen molar-refractivity contribution in [3.05, 3.63) is 14.5 Å². The van der Waals surface area contributed by atoms with Gasteiger partial charge in [-0.2, -0.15) is 0 Å². The molecule has 0 saturated heterocycles. The maximum atomic E-state index is 4.00. The van der Waals surface area contributed by atoms with Crippen LogP contribution in [0.25, 0.3) is 0 Å². The Morgan fingerprint density at radius 2 is 1.60 bits per heavy atom. The molecule has 0 aromatic rings. The molecular formula is C3H8OY+. The van der Waals surface area contributed by atoms with Crippen molar-refractivity contribution >= 4 is 0 Å². The van der Waals surface area contributed by atoms with E-state index in [0.717, 1.165) is 0 Å². The van der Waals surface area contributed by atoms with Crippen LogP contribution in [0.3, 0.4) is 0 Å². The molecule has 0 aromatic carbocycles. The summed E-state index contributed by atoms with van der Waals surface area (Å²) in [6.07, 6.45) is 0. The van der Waals surface area contributed by atoms with Gasteiger partial charge in [-0.25, -0.2) is 7.11 Å². The van der Waals surface area contributed by atoms with Gasteiger partial charge in [-0.15, -0.1) is 0 Å². The fourth-order valence-electron chi connectivity index (χ4n) is 0. The molecule has 0 fully saturated rings.